The fourth-order valence-corrected chi connectivity index (χ4v) is 3.86. The smallest absolute Gasteiger partial charge is 0.265 e. The lowest BCUT2D eigenvalue weighted by Gasteiger charge is -2.37. The Bertz CT molecular complexity index is 442. The Labute approximate surface area is 110 Å². The SMILES string of the molecule is Cc1nc(N)sc1C(=O)N1CCSC(C)(C)C1. The van der Waals surface area contributed by atoms with E-state index in [1.165, 1.54) is 11.3 Å². The second-order valence-corrected chi connectivity index (χ2v) is 7.63. The van der Waals surface area contributed by atoms with E-state index in [1.54, 1.807) is 0 Å². The summed E-state index contributed by atoms with van der Waals surface area (Å²) in [4.78, 5) is 19.1. The predicted molar refractivity (Wildman–Crippen MR) is 73.7 cm³/mol. The number of nitrogens with two attached hydrogens (primary N) is 1. The molecule has 1 amide bonds. The Hall–Kier alpha value is -0.750. The molecule has 0 aromatic carbocycles. The van der Waals surface area contributed by atoms with E-state index in [0.717, 1.165) is 24.5 Å². The van der Waals surface area contributed by atoms with Crippen molar-refractivity contribution in [1.82, 2.24) is 9.88 Å². The molecule has 6 heteroatoms. The lowest BCUT2D eigenvalue weighted by molar-refractivity contribution is 0.0752. The summed E-state index contributed by atoms with van der Waals surface area (Å²) < 4.78 is 0.137. The largest absolute Gasteiger partial charge is 0.375 e. The average molecular weight is 271 g/mol. The van der Waals surface area contributed by atoms with Crippen LogP contribution >= 0.6 is 23.1 Å². The topological polar surface area (TPSA) is 59.2 Å². The third kappa shape index (κ3) is 2.74. The van der Waals surface area contributed by atoms with Gasteiger partial charge in [-0.05, 0) is 20.8 Å². The van der Waals surface area contributed by atoms with Gasteiger partial charge in [0.2, 0.25) is 0 Å². The molecule has 0 bridgehead atoms. The summed E-state index contributed by atoms with van der Waals surface area (Å²) in [5.41, 5.74) is 6.38. The second-order valence-electron chi connectivity index (χ2n) is 4.80. The van der Waals surface area contributed by atoms with Gasteiger partial charge in [-0.25, -0.2) is 4.98 Å². The van der Waals surface area contributed by atoms with E-state index in [1.807, 2.05) is 23.6 Å². The van der Waals surface area contributed by atoms with Gasteiger partial charge in [0.05, 0.1) is 5.69 Å². The first kappa shape index (κ1) is 12.7. The molecule has 2 heterocycles. The fourth-order valence-electron chi connectivity index (χ4n) is 1.95. The summed E-state index contributed by atoms with van der Waals surface area (Å²) in [7, 11) is 0. The number of anilines is 1. The fraction of sp³-hybridized carbons (Fsp3) is 0.636. The van der Waals surface area contributed by atoms with Crippen LogP contribution < -0.4 is 5.73 Å². The van der Waals surface area contributed by atoms with Crippen molar-refractivity contribution in [1.29, 1.82) is 0 Å². The number of rotatable bonds is 1. The highest BCUT2D eigenvalue weighted by atomic mass is 32.2. The third-order valence-electron chi connectivity index (χ3n) is 2.72. The molecule has 2 rings (SSSR count). The van der Waals surface area contributed by atoms with E-state index in [2.05, 4.69) is 18.8 Å². The first-order valence-corrected chi connectivity index (χ1v) is 7.35. The summed E-state index contributed by atoms with van der Waals surface area (Å²) in [6, 6.07) is 0. The highest BCUT2D eigenvalue weighted by Gasteiger charge is 2.31. The zero-order valence-electron chi connectivity index (χ0n) is 10.3. The highest BCUT2D eigenvalue weighted by molar-refractivity contribution is 8.00. The van der Waals surface area contributed by atoms with Crippen molar-refractivity contribution < 1.29 is 4.79 Å². The van der Waals surface area contributed by atoms with Crippen LogP contribution in [-0.2, 0) is 0 Å². The number of hydrogen-bond donors (Lipinski definition) is 1. The number of nitrogens with zero attached hydrogens (tertiary/aromatic N) is 2. The normalized spacial score (nSPS) is 19.4. The molecule has 2 N–H and O–H groups in total. The number of thioether (sulfide) groups is 1. The molecule has 0 atom stereocenters. The Morgan fingerprint density at radius 2 is 2.24 bits per heavy atom. The minimum atomic E-state index is 0.0741. The van der Waals surface area contributed by atoms with Crippen molar-refractivity contribution in [3.05, 3.63) is 10.6 Å². The van der Waals surface area contributed by atoms with Gasteiger partial charge in [-0.2, -0.15) is 11.8 Å². The summed E-state index contributed by atoms with van der Waals surface area (Å²) >= 11 is 3.20. The standard InChI is InChI=1S/C11H17N3OS2/c1-7-8(17-10(12)13-7)9(15)14-4-5-16-11(2,3)6-14/h4-6H2,1-3H3,(H2,12,13). The molecule has 0 radical (unpaired) electrons. The number of nitrogen functional groups attached to an aromatic ring is 1. The number of aryl methyl sites for hydroxylation is 1. The molecule has 1 aromatic heterocycles. The van der Waals surface area contributed by atoms with Crippen LogP contribution in [0.15, 0.2) is 0 Å². The minimum absolute atomic E-state index is 0.0741. The van der Waals surface area contributed by atoms with Gasteiger partial charge in [0.1, 0.15) is 4.88 Å². The van der Waals surface area contributed by atoms with E-state index in [4.69, 9.17) is 5.73 Å². The zero-order valence-corrected chi connectivity index (χ0v) is 12.0. The van der Waals surface area contributed by atoms with Crippen molar-refractivity contribution >= 4 is 34.1 Å². The Balaban J connectivity index is 2.18. The molecule has 1 aromatic rings. The van der Waals surface area contributed by atoms with E-state index in [-0.39, 0.29) is 10.7 Å². The van der Waals surface area contributed by atoms with Gasteiger partial charge in [0.15, 0.2) is 5.13 Å². The molecule has 0 aliphatic carbocycles. The van der Waals surface area contributed by atoms with Gasteiger partial charge in [0.25, 0.3) is 5.91 Å². The maximum atomic E-state index is 12.4. The van der Waals surface area contributed by atoms with Crippen LogP contribution in [-0.4, -0.2) is 39.4 Å². The summed E-state index contributed by atoms with van der Waals surface area (Å²) in [5, 5.41) is 0.469. The van der Waals surface area contributed by atoms with Crippen molar-refractivity contribution in [2.75, 3.05) is 24.6 Å². The maximum absolute atomic E-state index is 12.4. The van der Waals surface area contributed by atoms with Gasteiger partial charge < -0.3 is 10.6 Å². The Kier molecular flexibility index (Phi) is 3.36. The number of amides is 1. The molecule has 94 valence electrons. The molecule has 1 fully saturated rings. The molecule has 1 saturated heterocycles. The lowest BCUT2D eigenvalue weighted by atomic mass is 10.2. The molecule has 4 nitrogen and oxygen atoms in total. The summed E-state index contributed by atoms with van der Waals surface area (Å²) in [5.74, 6) is 1.07. The van der Waals surface area contributed by atoms with Gasteiger partial charge in [-0.15, -0.1) is 0 Å². The van der Waals surface area contributed by atoms with Crippen LogP contribution in [0.1, 0.15) is 29.2 Å². The monoisotopic (exact) mass is 271 g/mol. The molecule has 1 aliphatic rings. The van der Waals surface area contributed by atoms with Gasteiger partial charge in [0, 0.05) is 23.6 Å². The number of carbonyl (C=O) groups is 1. The van der Waals surface area contributed by atoms with Crippen molar-refractivity contribution in [2.24, 2.45) is 0 Å². The molecular formula is C11H17N3OS2. The van der Waals surface area contributed by atoms with E-state index in [9.17, 15) is 4.79 Å². The molecular weight excluding hydrogens is 254 g/mol. The van der Waals surface area contributed by atoms with E-state index >= 15 is 0 Å². The van der Waals surface area contributed by atoms with Crippen molar-refractivity contribution in [3.63, 3.8) is 0 Å². The van der Waals surface area contributed by atoms with E-state index in [0.29, 0.717) is 10.0 Å². The van der Waals surface area contributed by atoms with Crippen LogP contribution in [0, 0.1) is 6.92 Å². The Morgan fingerprint density at radius 3 is 2.76 bits per heavy atom. The van der Waals surface area contributed by atoms with Crippen molar-refractivity contribution in [2.45, 2.75) is 25.5 Å². The molecule has 0 saturated carbocycles. The predicted octanol–water partition coefficient (Wildman–Crippen LogP) is 2.00. The second kappa shape index (κ2) is 4.49. The maximum Gasteiger partial charge on any atom is 0.265 e. The number of aromatic nitrogens is 1. The van der Waals surface area contributed by atoms with Crippen LogP contribution in [0.25, 0.3) is 0 Å². The molecule has 0 unspecified atom stereocenters. The van der Waals surface area contributed by atoms with Crippen LogP contribution in [0.5, 0.6) is 0 Å². The summed E-state index contributed by atoms with van der Waals surface area (Å²) in [6.45, 7) is 7.78. The van der Waals surface area contributed by atoms with Crippen molar-refractivity contribution in [3.8, 4) is 0 Å². The van der Waals surface area contributed by atoms with Gasteiger partial charge >= 0.3 is 0 Å². The first-order valence-electron chi connectivity index (χ1n) is 5.55. The molecule has 1 aliphatic heterocycles. The van der Waals surface area contributed by atoms with E-state index < -0.39 is 0 Å². The van der Waals surface area contributed by atoms with Crippen LogP contribution in [0.4, 0.5) is 5.13 Å². The quantitative estimate of drug-likeness (QED) is 0.848. The van der Waals surface area contributed by atoms with Gasteiger partial charge in [-0.1, -0.05) is 11.3 Å². The zero-order chi connectivity index (χ0) is 12.6. The Morgan fingerprint density at radius 1 is 1.53 bits per heavy atom. The lowest BCUT2D eigenvalue weighted by Crippen LogP contribution is -2.46. The van der Waals surface area contributed by atoms with Crippen LogP contribution in [0.2, 0.25) is 0 Å². The third-order valence-corrected chi connectivity index (χ3v) is 4.99. The molecule has 0 spiro atoms. The number of carbonyl (C=O) groups excluding carboxylic acids is 1. The number of hydrogen-bond acceptors (Lipinski definition) is 5. The number of thiazole rings is 1. The average Bonchev–Trinajstić information content (AvgIpc) is 2.55. The van der Waals surface area contributed by atoms with Crippen LogP contribution in [0.3, 0.4) is 0 Å². The minimum Gasteiger partial charge on any atom is -0.375 e. The molecule has 17 heavy (non-hydrogen) atoms. The summed E-state index contributed by atoms with van der Waals surface area (Å²) in [6.07, 6.45) is 0. The highest BCUT2D eigenvalue weighted by Crippen LogP contribution is 2.31. The van der Waals surface area contributed by atoms with Gasteiger partial charge in [-0.3, -0.25) is 4.79 Å². The first-order chi connectivity index (χ1) is 7.89.